The number of carbonyl (C=O) groups excluding carboxylic acids is 1. The van der Waals surface area contributed by atoms with Crippen LogP contribution < -0.4 is 5.32 Å². The molecule has 0 heterocycles. The highest BCUT2D eigenvalue weighted by atomic mass is 19.4. The summed E-state index contributed by atoms with van der Waals surface area (Å²) in [5, 5.41) is 10.3. The zero-order valence-electron chi connectivity index (χ0n) is 9.87. The normalized spacial score (nSPS) is 11.6. The Morgan fingerprint density at radius 1 is 1.30 bits per heavy atom. The van der Waals surface area contributed by atoms with Gasteiger partial charge < -0.3 is 10.4 Å². The van der Waals surface area contributed by atoms with Crippen molar-refractivity contribution in [2.24, 2.45) is 0 Å². The van der Waals surface area contributed by atoms with E-state index in [-0.39, 0.29) is 11.3 Å². The number of hydrogen-bond donors (Lipinski definition) is 2. The van der Waals surface area contributed by atoms with Crippen molar-refractivity contribution in [3.05, 3.63) is 35.7 Å². The van der Waals surface area contributed by atoms with E-state index < -0.39 is 30.3 Å². The molecule has 0 fully saturated rings. The first-order chi connectivity index (χ1) is 9.17. The minimum atomic E-state index is -4.65. The zero-order valence-corrected chi connectivity index (χ0v) is 9.87. The van der Waals surface area contributed by atoms with Crippen LogP contribution in [0.4, 0.5) is 23.2 Å². The summed E-state index contributed by atoms with van der Waals surface area (Å²) in [4.78, 5) is 21.3. The summed E-state index contributed by atoms with van der Waals surface area (Å²) in [6.07, 6.45) is -4.62. The van der Waals surface area contributed by atoms with Gasteiger partial charge in [-0.1, -0.05) is 0 Å². The number of nitrogens with one attached hydrogen (secondary N) is 1. The Morgan fingerprint density at radius 2 is 1.95 bits per heavy atom. The Bertz CT molecular complexity index is 552. The van der Waals surface area contributed by atoms with E-state index in [1.807, 2.05) is 5.32 Å². The van der Waals surface area contributed by atoms with Crippen LogP contribution in [0, 0.1) is 5.82 Å². The molecule has 8 heteroatoms. The van der Waals surface area contributed by atoms with Gasteiger partial charge in [0.1, 0.15) is 12.2 Å². The van der Waals surface area contributed by atoms with E-state index in [2.05, 4.69) is 0 Å². The minimum Gasteiger partial charge on any atom is -0.478 e. The number of carboxylic acid groups (broad SMARTS) is 1. The van der Waals surface area contributed by atoms with E-state index in [1.54, 1.807) is 0 Å². The highest BCUT2D eigenvalue weighted by Crippen LogP contribution is 2.21. The van der Waals surface area contributed by atoms with Gasteiger partial charge in [-0.15, -0.1) is 0 Å². The fourth-order valence-electron chi connectivity index (χ4n) is 1.29. The Hall–Kier alpha value is -2.38. The number of anilines is 1. The summed E-state index contributed by atoms with van der Waals surface area (Å²) >= 11 is 0. The van der Waals surface area contributed by atoms with Crippen molar-refractivity contribution in [1.82, 2.24) is 0 Å². The summed E-state index contributed by atoms with van der Waals surface area (Å²) < 4.78 is 49.3. The fourth-order valence-corrected chi connectivity index (χ4v) is 1.29. The molecule has 0 aliphatic carbocycles. The van der Waals surface area contributed by atoms with Crippen LogP contribution >= 0.6 is 0 Å². The Kier molecular flexibility index (Phi) is 4.84. The molecule has 0 bridgehead atoms. The van der Waals surface area contributed by atoms with Crippen LogP contribution in [0.3, 0.4) is 0 Å². The van der Waals surface area contributed by atoms with Crippen LogP contribution in [0.5, 0.6) is 0 Å². The lowest BCUT2D eigenvalue weighted by Gasteiger charge is -2.08. The molecule has 0 atom stereocenters. The smallest absolute Gasteiger partial charge is 0.397 e. The van der Waals surface area contributed by atoms with Crippen molar-refractivity contribution in [3.63, 3.8) is 0 Å². The molecular weight excluding hydrogens is 282 g/mol. The maximum Gasteiger partial charge on any atom is 0.397 e. The van der Waals surface area contributed by atoms with Crippen molar-refractivity contribution < 1.29 is 32.3 Å². The highest BCUT2D eigenvalue weighted by molar-refractivity contribution is 5.91. The van der Waals surface area contributed by atoms with E-state index in [4.69, 9.17) is 5.11 Å². The first kappa shape index (κ1) is 15.7. The fraction of sp³-hybridized carbons (Fsp3) is 0.167. The molecule has 1 aromatic rings. The molecule has 1 rings (SSSR count). The third kappa shape index (κ3) is 5.51. The van der Waals surface area contributed by atoms with Gasteiger partial charge in [0.15, 0.2) is 0 Å². The van der Waals surface area contributed by atoms with E-state index >= 15 is 0 Å². The molecule has 1 aromatic carbocycles. The highest BCUT2D eigenvalue weighted by Gasteiger charge is 2.31. The standard InChI is InChI=1S/C12H9F4NO3/c13-9-5-8(17-10(18)6-12(14,15)16)3-1-7(9)2-4-11(19)20/h1-5H,6H2,(H,17,18)(H,19,20). The quantitative estimate of drug-likeness (QED) is 0.662. The van der Waals surface area contributed by atoms with Crippen LogP contribution in [0.2, 0.25) is 0 Å². The molecule has 0 radical (unpaired) electrons. The van der Waals surface area contributed by atoms with Gasteiger partial charge in [0, 0.05) is 17.3 Å². The van der Waals surface area contributed by atoms with Gasteiger partial charge in [0.05, 0.1) is 0 Å². The molecule has 0 unspecified atom stereocenters. The molecule has 0 spiro atoms. The number of carbonyl (C=O) groups is 2. The molecule has 0 aliphatic heterocycles. The van der Waals surface area contributed by atoms with Crippen molar-refractivity contribution in [2.75, 3.05) is 5.32 Å². The third-order valence-corrected chi connectivity index (χ3v) is 2.05. The van der Waals surface area contributed by atoms with E-state index in [9.17, 15) is 27.2 Å². The summed E-state index contributed by atoms with van der Waals surface area (Å²) in [5.41, 5.74) is -0.217. The van der Waals surface area contributed by atoms with Crippen LogP contribution in [0.25, 0.3) is 6.08 Å². The lowest BCUT2D eigenvalue weighted by atomic mass is 10.1. The Morgan fingerprint density at radius 3 is 2.45 bits per heavy atom. The lowest BCUT2D eigenvalue weighted by molar-refractivity contribution is -0.150. The number of amides is 1. The monoisotopic (exact) mass is 291 g/mol. The molecule has 2 N–H and O–H groups in total. The molecule has 0 aliphatic rings. The predicted octanol–water partition coefficient (Wildman–Crippen LogP) is 2.81. The number of halogens is 4. The van der Waals surface area contributed by atoms with Crippen molar-refractivity contribution in [1.29, 1.82) is 0 Å². The number of rotatable bonds is 4. The number of carboxylic acids is 1. The van der Waals surface area contributed by atoms with Gasteiger partial charge in [0.2, 0.25) is 5.91 Å². The van der Waals surface area contributed by atoms with Gasteiger partial charge in [-0.05, 0) is 24.3 Å². The van der Waals surface area contributed by atoms with Crippen LogP contribution in [0.15, 0.2) is 24.3 Å². The average Bonchev–Trinajstić information content (AvgIpc) is 2.24. The number of hydrogen-bond acceptors (Lipinski definition) is 2. The summed E-state index contributed by atoms with van der Waals surface area (Å²) in [6.45, 7) is 0. The molecule has 0 saturated carbocycles. The van der Waals surface area contributed by atoms with E-state index in [0.29, 0.717) is 6.08 Å². The van der Waals surface area contributed by atoms with Gasteiger partial charge in [-0.25, -0.2) is 9.18 Å². The maximum absolute atomic E-state index is 13.5. The SMILES string of the molecule is O=C(O)C=Cc1ccc(NC(=O)CC(F)(F)F)cc1F. The molecule has 0 aromatic heterocycles. The average molecular weight is 291 g/mol. The van der Waals surface area contributed by atoms with Crippen LogP contribution in [-0.4, -0.2) is 23.2 Å². The topological polar surface area (TPSA) is 66.4 Å². The molecule has 20 heavy (non-hydrogen) atoms. The molecular formula is C12H9F4NO3. The van der Waals surface area contributed by atoms with Crippen molar-refractivity contribution in [2.45, 2.75) is 12.6 Å². The molecule has 1 amide bonds. The number of benzene rings is 1. The second kappa shape index (κ2) is 6.18. The maximum atomic E-state index is 13.5. The van der Waals surface area contributed by atoms with Gasteiger partial charge in [-0.3, -0.25) is 4.79 Å². The van der Waals surface area contributed by atoms with Crippen LogP contribution in [-0.2, 0) is 9.59 Å². The predicted molar refractivity (Wildman–Crippen MR) is 62.4 cm³/mol. The van der Waals surface area contributed by atoms with E-state index in [1.165, 1.54) is 6.07 Å². The molecule has 4 nitrogen and oxygen atoms in total. The number of aliphatic carboxylic acids is 1. The zero-order chi connectivity index (χ0) is 15.3. The Balaban J connectivity index is 2.78. The van der Waals surface area contributed by atoms with Crippen molar-refractivity contribution >= 4 is 23.6 Å². The minimum absolute atomic E-state index is 0.0683. The van der Waals surface area contributed by atoms with Gasteiger partial charge in [-0.2, -0.15) is 13.2 Å². The summed E-state index contributed by atoms with van der Waals surface area (Å²) in [7, 11) is 0. The largest absolute Gasteiger partial charge is 0.478 e. The second-order valence-corrected chi connectivity index (χ2v) is 3.75. The van der Waals surface area contributed by atoms with Gasteiger partial charge >= 0.3 is 12.1 Å². The molecule has 108 valence electrons. The third-order valence-electron chi connectivity index (χ3n) is 2.05. The van der Waals surface area contributed by atoms with Crippen LogP contribution in [0.1, 0.15) is 12.0 Å². The second-order valence-electron chi connectivity index (χ2n) is 3.75. The first-order valence-corrected chi connectivity index (χ1v) is 5.24. The van der Waals surface area contributed by atoms with Crippen molar-refractivity contribution in [3.8, 4) is 0 Å². The Labute approximate surface area is 110 Å². The first-order valence-electron chi connectivity index (χ1n) is 5.24. The molecule has 0 saturated heterocycles. The summed E-state index contributed by atoms with van der Waals surface area (Å²) in [6, 6.07) is 3.10. The summed E-state index contributed by atoms with van der Waals surface area (Å²) in [5.74, 6) is -3.45. The van der Waals surface area contributed by atoms with Gasteiger partial charge in [0.25, 0.3) is 0 Å². The van der Waals surface area contributed by atoms with E-state index in [0.717, 1.165) is 18.2 Å². The lowest BCUT2D eigenvalue weighted by Crippen LogP contribution is -2.21. The number of alkyl halides is 3.